The van der Waals surface area contributed by atoms with Crippen LogP contribution < -0.4 is 0 Å². The molecule has 1 aromatic carbocycles. The largest absolute Gasteiger partial charge is 0.339 e. The van der Waals surface area contributed by atoms with E-state index in [2.05, 4.69) is 15.9 Å². The number of amides is 1. The number of hydrogen-bond donors (Lipinski definition) is 0. The van der Waals surface area contributed by atoms with Gasteiger partial charge in [0, 0.05) is 28.9 Å². The van der Waals surface area contributed by atoms with Crippen molar-refractivity contribution in [2.24, 2.45) is 0 Å². The molecule has 0 saturated carbocycles. The van der Waals surface area contributed by atoms with Crippen LogP contribution in [0.15, 0.2) is 28.7 Å². The molecule has 1 aliphatic rings. The molecule has 1 aliphatic heterocycles. The van der Waals surface area contributed by atoms with Gasteiger partial charge in [0.2, 0.25) is 0 Å². The fourth-order valence-electron chi connectivity index (χ4n) is 2.43. The predicted octanol–water partition coefficient (Wildman–Crippen LogP) is 2.49. The number of hydrogen-bond acceptors (Lipinski definition) is 3. The Labute approximate surface area is 128 Å². The number of likely N-dealkylation sites (tertiary alicyclic amines) is 1. The van der Waals surface area contributed by atoms with Gasteiger partial charge in [-0.3, -0.25) is 4.79 Å². The highest BCUT2D eigenvalue weighted by atomic mass is 79.9. The van der Waals surface area contributed by atoms with Crippen LogP contribution in [0.3, 0.4) is 0 Å². The van der Waals surface area contributed by atoms with E-state index in [4.69, 9.17) is 0 Å². The summed E-state index contributed by atoms with van der Waals surface area (Å²) < 4.78 is 24.6. The molecule has 6 heteroatoms. The number of carbonyl (C=O) groups excluding carboxylic acids is 1. The molecule has 1 amide bonds. The Balaban J connectivity index is 2.00. The van der Waals surface area contributed by atoms with E-state index in [9.17, 15) is 13.2 Å². The molecule has 4 nitrogen and oxygen atoms in total. The van der Waals surface area contributed by atoms with Gasteiger partial charge < -0.3 is 4.90 Å². The second kappa shape index (κ2) is 6.26. The lowest BCUT2D eigenvalue weighted by Crippen LogP contribution is -2.42. The Bertz CT molecular complexity index is 575. The van der Waals surface area contributed by atoms with Gasteiger partial charge in [0.25, 0.3) is 5.91 Å². The van der Waals surface area contributed by atoms with Crippen molar-refractivity contribution in [2.45, 2.75) is 25.0 Å². The number of benzene rings is 1. The minimum absolute atomic E-state index is 0.0233. The molecule has 0 atom stereocenters. The molecular weight excluding hydrogens is 342 g/mol. The lowest BCUT2D eigenvalue weighted by Gasteiger charge is -2.31. The second-order valence-corrected chi connectivity index (χ2v) is 8.44. The molecule has 110 valence electrons. The van der Waals surface area contributed by atoms with Crippen LogP contribution in [-0.4, -0.2) is 43.3 Å². The first-order valence-electron chi connectivity index (χ1n) is 6.70. The van der Waals surface area contributed by atoms with E-state index < -0.39 is 9.84 Å². The fourth-order valence-corrected chi connectivity index (χ4v) is 4.09. The monoisotopic (exact) mass is 359 g/mol. The average Bonchev–Trinajstić information content (AvgIpc) is 2.47. The second-order valence-electron chi connectivity index (χ2n) is 4.95. The first-order valence-corrected chi connectivity index (χ1v) is 9.21. The van der Waals surface area contributed by atoms with Crippen molar-refractivity contribution in [3.63, 3.8) is 0 Å². The summed E-state index contributed by atoms with van der Waals surface area (Å²) >= 11 is 3.34. The first-order chi connectivity index (χ1) is 9.44. The Kier molecular flexibility index (Phi) is 4.86. The lowest BCUT2D eigenvalue weighted by molar-refractivity contribution is 0.0725. The SMILES string of the molecule is CCS(=O)(=O)C1CCN(C(=O)c2ccc(Br)cc2)CC1. The topological polar surface area (TPSA) is 54.5 Å². The van der Waals surface area contributed by atoms with E-state index in [-0.39, 0.29) is 16.9 Å². The lowest BCUT2D eigenvalue weighted by atomic mass is 10.1. The van der Waals surface area contributed by atoms with Crippen LogP contribution in [0.5, 0.6) is 0 Å². The fraction of sp³-hybridized carbons (Fsp3) is 0.500. The van der Waals surface area contributed by atoms with Gasteiger partial charge in [0.05, 0.1) is 5.25 Å². The molecule has 1 fully saturated rings. The summed E-state index contributed by atoms with van der Waals surface area (Å²) in [4.78, 5) is 14.0. The molecule has 0 radical (unpaired) electrons. The predicted molar refractivity (Wildman–Crippen MR) is 82.5 cm³/mol. The maximum atomic E-state index is 12.3. The molecule has 1 aromatic rings. The first kappa shape index (κ1) is 15.5. The van der Waals surface area contributed by atoms with Gasteiger partial charge in [-0.1, -0.05) is 22.9 Å². The van der Waals surface area contributed by atoms with Crippen LogP contribution in [0.2, 0.25) is 0 Å². The molecule has 0 spiro atoms. The number of halogens is 1. The summed E-state index contributed by atoms with van der Waals surface area (Å²) in [5.41, 5.74) is 0.644. The minimum atomic E-state index is -2.98. The maximum Gasteiger partial charge on any atom is 0.253 e. The number of nitrogens with zero attached hydrogens (tertiary/aromatic N) is 1. The van der Waals surface area contributed by atoms with E-state index >= 15 is 0 Å². The third-order valence-corrected chi connectivity index (χ3v) is 6.55. The molecule has 1 heterocycles. The van der Waals surface area contributed by atoms with Crippen molar-refractivity contribution in [2.75, 3.05) is 18.8 Å². The average molecular weight is 360 g/mol. The van der Waals surface area contributed by atoms with Gasteiger partial charge in [-0.05, 0) is 37.1 Å². The van der Waals surface area contributed by atoms with Crippen molar-refractivity contribution >= 4 is 31.7 Å². The highest BCUT2D eigenvalue weighted by molar-refractivity contribution is 9.10. The van der Waals surface area contributed by atoms with Crippen molar-refractivity contribution in [1.29, 1.82) is 0 Å². The van der Waals surface area contributed by atoms with Crippen LogP contribution in [0.4, 0.5) is 0 Å². The third-order valence-electron chi connectivity index (χ3n) is 3.73. The van der Waals surface area contributed by atoms with Gasteiger partial charge in [-0.25, -0.2) is 8.42 Å². The Hall–Kier alpha value is -0.880. The Morgan fingerprint density at radius 1 is 1.25 bits per heavy atom. The molecular formula is C14H18BrNO3S. The zero-order valence-corrected chi connectivity index (χ0v) is 13.8. The van der Waals surface area contributed by atoms with Gasteiger partial charge in [0.1, 0.15) is 0 Å². The highest BCUT2D eigenvalue weighted by Gasteiger charge is 2.30. The minimum Gasteiger partial charge on any atom is -0.339 e. The van der Waals surface area contributed by atoms with Crippen molar-refractivity contribution in [3.05, 3.63) is 34.3 Å². The number of carbonyl (C=O) groups is 1. The summed E-state index contributed by atoms with van der Waals surface area (Å²) in [7, 11) is -2.98. The standard InChI is InChI=1S/C14H18BrNO3S/c1-2-20(18,19)13-7-9-16(10-8-13)14(17)11-3-5-12(15)6-4-11/h3-6,13H,2,7-10H2,1H3. The van der Waals surface area contributed by atoms with Crippen LogP contribution in [0, 0.1) is 0 Å². The summed E-state index contributed by atoms with van der Waals surface area (Å²) in [5.74, 6) is 0.156. The van der Waals surface area contributed by atoms with Crippen LogP contribution in [-0.2, 0) is 9.84 Å². The Morgan fingerprint density at radius 3 is 2.30 bits per heavy atom. The van der Waals surface area contributed by atoms with Crippen LogP contribution in [0.1, 0.15) is 30.1 Å². The number of rotatable bonds is 3. The van der Waals surface area contributed by atoms with E-state index in [1.807, 2.05) is 12.1 Å². The third kappa shape index (κ3) is 3.41. The molecule has 0 aromatic heterocycles. The normalized spacial score (nSPS) is 17.2. The number of piperidine rings is 1. The van der Waals surface area contributed by atoms with Crippen LogP contribution >= 0.6 is 15.9 Å². The van der Waals surface area contributed by atoms with Gasteiger partial charge in [-0.15, -0.1) is 0 Å². The Morgan fingerprint density at radius 2 is 1.80 bits per heavy atom. The van der Waals surface area contributed by atoms with E-state index in [1.54, 1.807) is 24.0 Å². The molecule has 1 saturated heterocycles. The maximum absolute atomic E-state index is 12.3. The summed E-state index contributed by atoms with van der Waals surface area (Å²) in [5, 5.41) is -0.290. The van der Waals surface area contributed by atoms with Gasteiger partial charge >= 0.3 is 0 Å². The molecule has 0 aliphatic carbocycles. The van der Waals surface area contributed by atoms with E-state index in [0.29, 0.717) is 31.5 Å². The smallest absolute Gasteiger partial charge is 0.253 e. The molecule has 2 rings (SSSR count). The zero-order valence-electron chi connectivity index (χ0n) is 11.4. The number of sulfone groups is 1. The summed E-state index contributed by atoms with van der Waals surface area (Å²) in [6.07, 6.45) is 1.08. The molecule has 0 N–H and O–H groups in total. The highest BCUT2D eigenvalue weighted by Crippen LogP contribution is 2.20. The van der Waals surface area contributed by atoms with Gasteiger partial charge in [-0.2, -0.15) is 0 Å². The molecule has 0 bridgehead atoms. The van der Waals surface area contributed by atoms with Crippen molar-refractivity contribution in [1.82, 2.24) is 4.90 Å². The zero-order chi connectivity index (χ0) is 14.8. The van der Waals surface area contributed by atoms with E-state index in [1.165, 1.54) is 0 Å². The van der Waals surface area contributed by atoms with Gasteiger partial charge in [0.15, 0.2) is 9.84 Å². The molecule has 0 unspecified atom stereocenters. The molecule has 20 heavy (non-hydrogen) atoms. The quantitative estimate of drug-likeness (QED) is 0.832. The summed E-state index contributed by atoms with van der Waals surface area (Å²) in [6.45, 7) is 2.70. The van der Waals surface area contributed by atoms with Crippen molar-refractivity contribution < 1.29 is 13.2 Å². The van der Waals surface area contributed by atoms with Crippen LogP contribution in [0.25, 0.3) is 0 Å². The van der Waals surface area contributed by atoms with E-state index in [0.717, 1.165) is 4.47 Å². The van der Waals surface area contributed by atoms with Crippen molar-refractivity contribution in [3.8, 4) is 0 Å². The summed E-state index contributed by atoms with van der Waals surface area (Å²) in [6, 6.07) is 7.23.